The largest absolute Gasteiger partial charge is 0.334 e. The van der Waals surface area contributed by atoms with Crippen molar-refractivity contribution >= 4 is 35.0 Å². The van der Waals surface area contributed by atoms with Gasteiger partial charge in [-0.05, 0) is 60.5 Å². The second kappa shape index (κ2) is 9.89. The number of amides is 2. The summed E-state index contributed by atoms with van der Waals surface area (Å²) in [5.41, 5.74) is 5.02. The lowest BCUT2D eigenvalue weighted by atomic mass is 10.2. The third-order valence-electron chi connectivity index (χ3n) is 4.70. The molecule has 0 unspecified atom stereocenters. The Kier molecular flexibility index (Phi) is 6.57. The maximum absolute atomic E-state index is 12.3. The highest BCUT2D eigenvalue weighted by Crippen LogP contribution is 2.24. The molecule has 160 valence electrons. The van der Waals surface area contributed by atoms with Crippen LogP contribution in [0.4, 0.5) is 22.1 Å². The molecule has 32 heavy (non-hydrogen) atoms. The van der Waals surface area contributed by atoms with Gasteiger partial charge in [0, 0.05) is 47.1 Å². The molecule has 2 amide bonds. The van der Waals surface area contributed by atoms with Gasteiger partial charge in [-0.1, -0.05) is 29.8 Å². The fourth-order valence-electron chi connectivity index (χ4n) is 3.05. The zero-order valence-corrected chi connectivity index (χ0v) is 18.1. The van der Waals surface area contributed by atoms with Gasteiger partial charge in [0.1, 0.15) is 0 Å². The molecule has 0 saturated carbocycles. The van der Waals surface area contributed by atoms with Crippen molar-refractivity contribution in [3.63, 3.8) is 0 Å². The Labute approximate surface area is 190 Å². The van der Waals surface area contributed by atoms with Crippen molar-refractivity contribution in [3.05, 3.63) is 95.4 Å². The van der Waals surface area contributed by atoms with E-state index in [4.69, 9.17) is 11.6 Å². The lowest BCUT2D eigenvalue weighted by molar-refractivity contribution is 0.251. The number of aryl methyl sites for hydroxylation is 1. The van der Waals surface area contributed by atoms with Gasteiger partial charge in [-0.25, -0.2) is 14.8 Å². The standard InChI is InChI=1S/C24H21ClN6O/c1-16-7-8-20(29-24(32)28-14-17-4-2-6-19(25)12-17)13-22(16)31-23-27-11-9-21(30-23)18-5-3-10-26-15-18/h2-13,15H,14H2,1H3,(H,27,30,31)(H2,28,29,32). The molecule has 7 nitrogen and oxygen atoms in total. The molecule has 0 aliphatic rings. The molecule has 2 aromatic heterocycles. The molecule has 0 bridgehead atoms. The fraction of sp³-hybridized carbons (Fsp3) is 0.0833. The van der Waals surface area contributed by atoms with Gasteiger partial charge in [0.15, 0.2) is 0 Å². The van der Waals surface area contributed by atoms with Crippen LogP contribution in [0.15, 0.2) is 79.3 Å². The summed E-state index contributed by atoms with van der Waals surface area (Å²) in [6.45, 7) is 2.34. The quantitative estimate of drug-likeness (QED) is 0.362. The van der Waals surface area contributed by atoms with Crippen molar-refractivity contribution < 1.29 is 4.79 Å². The van der Waals surface area contributed by atoms with Crippen LogP contribution in [0.2, 0.25) is 5.02 Å². The van der Waals surface area contributed by atoms with E-state index in [1.54, 1.807) is 24.7 Å². The van der Waals surface area contributed by atoms with Crippen molar-refractivity contribution in [1.29, 1.82) is 0 Å². The number of anilines is 3. The van der Waals surface area contributed by atoms with Gasteiger partial charge in [0.2, 0.25) is 5.95 Å². The highest BCUT2D eigenvalue weighted by molar-refractivity contribution is 6.30. The minimum atomic E-state index is -0.311. The first-order chi connectivity index (χ1) is 15.6. The van der Waals surface area contributed by atoms with Gasteiger partial charge in [-0.3, -0.25) is 4.98 Å². The smallest absolute Gasteiger partial charge is 0.319 e. The van der Waals surface area contributed by atoms with E-state index in [-0.39, 0.29) is 6.03 Å². The highest BCUT2D eigenvalue weighted by atomic mass is 35.5. The molecule has 0 aliphatic carbocycles. The average Bonchev–Trinajstić information content (AvgIpc) is 2.81. The SMILES string of the molecule is Cc1ccc(NC(=O)NCc2cccc(Cl)c2)cc1Nc1nccc(-c2cccnc2)n1. The fourth-order valence-corrected chi connectivity index (χ4v) is 3.27. The summed E-state index contributed by atoms with van der Waals surface area (Å²) in [6.07, 6.45) is 5.17. The van der Waals surface area contributed by atoms with E-state index in [9.17, 15) is 4.79 Å². The molecule has 0 fully saturated rings. The number of hydrogen-bond acceptors (Lipinski definition) is 5. The first kappa shape index (κ1) is 21.3. The Morgan fingerprint density at radius 1 is 1.03 bits per heavy atom. The van der Waals surface area contributed by atoms with Gasteiger partial charge < -0.3 is 16.0 Å². The average molecular weight is 445 g/mol. The molecule has 0 atom stereocenters. The van der Waals surface area contributed by atoms with Crippen molar-refractivity contribution in [2.24, 2.45) is 0 Å². The number of urea groups is 1. The van der Waals surface area contributed by atoms with Gasteiger partial charge in [-0.2, -0.15) is 0 Å². The van der Waals surface area contributed by atoms with Crippen LogP contribution in [-0.4, -0.2) is 21.0 Å². The van der Waals surface area contributed by atoms with Crippen molar-refractivity contribution in [2.75, 3.05) is 10.6 Å². The van der Waals surface area contributed by atoms with Crippen LogP contribution in [-0.2, 0) is 6.54 Å². The second-order valence-corrected chi connectivity index (χ2v) is 7.54. The first-order valence-corrected chi connectivity index (χ1v) is 10.3. The summed E-state index contributed by atoms with van der Waals surface area (Å²) in [7, 11) is 0. The molecule has 0 radical (unpaired) electrons. The van der Waals surface area contributed by atoms with Crippen LogP contribution >= 0.6 is 11.6 Å². The Morgan fingerprint density at radius 2 is 1.94 bits per heavy atom. The van der Waals surface area contributed by atoms with Gasteiger partial charge in [0.25, 0.3) is 0 Å². The van der Waals surface area contributed by atoms with Gasteiger partial charge in [-0.15, -0.1) is 0 Å². The Hall–Kier alpha value is -3.97. The van der Waals surface area contributed by atoms with Crippen LogP contribution in [0.3, 0.4) is 0 Å². The van der Waals surface area contributed by atoms with Crippen LogP contribution < -0.4 is 16.0 Å². The molecular weight excluding hydrogens is 424 g/mol. The number of carbonyl (C=O) groups is 1. The Bertz CT molecular complexity index is 1230. The minimum Gasteiger partial charge on any atom is -0.334 e. The number of nitrogens with one attached hydrogen (secondary N) is 3. The van der Waals surface area contributed by atoms with Crippen LogP contribution in [0.1, 0.15) is 11.1 Å². The molecule has 4 aromatic rings. The van der Waals surface area contributed by atoms with E-state index in [0.717, 1.165) is 28.1 Å². The highest BCUT2D eigenvalue weighted by Gasteiger charge is 2.08. The third kappa shape index (κ3) is 5.59. The predicted molar refractivity (Wildman–Crippen MR) is 127 cm³/mol. The molecule has 2 aromatic carbocycles. The maximum Gasteiger partial charge on any atom is 0.319 e. The molecular formula is C24H21ClN6O. The third-order valence-corrected chi connectivity index (χ3v) is 4.93. The molecule has 0 aliphatic heterocycles. The monoisotopic (exact) mass is 444 g/mol. The normalized spacial score (nSPS) is 10.4. The summed E-state index contributed by atoms with van der Waals surface area (Å²) in [5, 5.41) is 9.53. The number of carbonyl (C=O) groups excluding carboxylic acids is 1. The summed E-state index contributed by atoms with van der Waals surface area (Å²) >= 11 is 5.98. The molecule has 2 heterocycles. The summed E-state index contributed by atoms with van der Waals surface area (Å²) in [4.78, 5) is 25.3. The van der Waals surface area contributed by atoms with E-state index in [1.165, 1.54) is 0 Å². The van der Waals surface area contributed by atoms with E-state index in [1.807, 2.05) is 61.5 Å². The number of benzene rings is 2. The minimum absolute atomic E-state index is 0.311. The topological polar surface area (TPSA) is 91.8 Å². The molecule has 3 N–H and O–H groups in total. The van der Waals surface area contributed by atoms with E-state index >= 15 is 0 Å². The second-order valence-electron chi connectivity index (χ2n) is 7.10. The van der Waals surface area contributed by atoms with E-state index in [2.05, 4.69) is 30.9 Å². The van der Waals surface area contributed by atoms with Crippen molar-refractivity contribution in [2.45, 2.75) is 13.5 Å². The number of halogens is 1. The van der Waals surface area contributed by atoms with Gasteiger partial charge in [0.05, 0.1) is 5.69 Å². The zero-order chi connectivity index (χ0) is 22.3. The van der Waals surface area contributed by atoms with Crippen LogP contribution in [0.25, 0.3) is 11.3 Å². The number of nitrogens with zero attached hydrogens (tertiary/aromatic N) is 3. The first-order valence-electron chi connectivity index (χ1n) is 9.97. The van der Waals surface area contributed by atoms with Gasteiger partial charge >= 0.3 is 6.03 Å². The maximum atomic E-state index is 12.3. The molecule has 0 saturated heterocycles. The molecule has 0 spiro atoms. The molecule has 4 rings (SSSR count). The Balaban J connectivity index is 1.43. The van der Waals surface area contributed by atoms with Crippen molar-refractivity contribution in [3.8, 4) is 11.3 Å². The zero-order valence-electron chi connectivity index (χ0n) is 17.3. The summed E-state index contributed by atoms with van der Waals surface area (Å²) in [5.74, 6) is 0.456. The van der Waals surface area contributed by atoms with Crippen molar-refractivity contribution in [1.82, 2.24) is 20.3 Å². The number of pyridine rings is 1. The summed E-state index contributed by atoms with van der Waals surface area (Å²) in [6, 6.07) is 18.3. The summed E-state index contributed by atoms with van der Waals surface area (Å²) < 4.78 is 0. The predicted octanol–water partition coefficient (Wildman–Crippen LogP) is 5.57. The lowest BCUT2D eigenvalue weighted by Crippen LogP contribution is -2.28. The molecule has 8 heteroatoms. The van der Waals surface area contributed by atoms with Crippen LogP contribution in [0.5, 0.6) is 0 Å². The van der Waals surface area contributed by atoms with E-state index < -0.39 is 0 Å². The number of aromatic nitrogens is 3. The number of rotatable bonds is 6. The Morgan fingerprint density at radius 3 is 2.75 bits per heavy atom. The van der Waals surface area contributed by atoms with E-state index in [0.29, 0.717) is 23.2 Å². The lowest BCUT2D eigenvalue weighted by Gasteiger charge is -2.13. The number of hydrogen-bond donors (Lipinski definition) is 3. The van der Waals surface area contributed by atoms with Crippen LogP contribution in [0, 0.1) is 6.92 Å².